The first-order valence-electron chi connectivity index (χ1n) is 7.40. The Kier molecular flexibility index (Phi) is 5.17. The van der Waals surface area contributed by atoms with Crippen LogP contribution in [0.25, 0.3) is 0 Å². The second-order valence-corrected chi connectivity index (χ2v) is 6.07. The number of carbonyl (C=O) groups excluding carboxylic acids is 1. The van der Waals surface area contributed by atoms with Gasteiger partial charge in [0.2, 0.25) is 0 Å². The van der Waals surface area contributed by atoms with Gasteiger partial charge in [0.15, 0.2) is 0 Å². The van der Waals surface area contributed by atoms with Gasteiger partial charge in [-0.3, -0.25) is 0 Å². The molecule has 0 spiro atoms. The molecule has 1 fully saturated rings. The van der Waals surface area contributed by atoms with E-state index < -0.39 is 11.6 Å². The summed E-state index contributed by atoms with van der Waals surface area (Å²) in [5.74, 6) is 1.20. The van der Waals surface area contributed by atoms with E-state index in [0.717, 1.165) is 32.1 Å². The van der Waals surface area contributed by atoms with Crippen LogP contribution < -0.4 is 15.8 Å². The number of nitrogens with one attached hydrogen (secondary N) is 1. The minimum Gasteiger partial charge on any atom is -0.410 e. The average Bonchev–Trinajstić information content (AvgIpc) is 2.48. The monoisotopic (exact) mass is 306 g/mol. The molecule has 0 bridgehead atoms. The molecular formula is C16H22N2O2S. The summed E-state index contributed by atoms with van der Waals surface area (Å²) in [7, 11) is 0. The Bertz CT molecular complexity index is 496. The van der Waals surface area contributed by atoms with Crippen LogP contribution in [0.4, 0.5) is 4.79 Å². The van der Waals surface area contributed by atoms with E-state index in [9.17, 15) is 4.79 Å². The highest BCUT2D eigenvalue weighted by Gasteiger charge is 2.39. The maximum atomic E-state index is 12.1. The summed E-state index contributed by atoms with van der Waals surface area (Å²) >= 11 is 5.19. The van der Waals surface area contributed by atoms with Crippen molar-refractivity contribution in [1.82, 2.24) is 5.32 Å². The Morgan fingerprint density at radius 1 is 1.38 bits per heavy atom. The molecule has 2 rings (SSSR count). The molecule has 21 heavy (non-hydrogen) atoms. The predicted molar refractivity (Wildman–Crippen MR) is 87.4 cm³/mol. The summed E-state index contributed by atoms with van der Waals surface area (Å²) in [6, 6.07) is 8.98. The van der Waals surface area contributed by atoms with Gasteiger partial charge in [-0.25, -0.2) is 4.79 Å². The molecule has 5 heteroatoms. The predicted octanol–water partition coefficient (Wildman–Crippen LogP) is 3.40. The van der Waals surface area contributed by atoms with Crippen molar-refractivity contribution in [2.45, 2.75) is 44.6 Å². The van der Waals surface area contributed by atoms with Crippen molar-refractivity contribution in [3.8, 4) is 5.75 Å². The van der Waals surface area contributed by atoms with E-state index in [1.165, 1.54) is 0 Å². The molecular weight excluding hydrogens is 284 g/mol. The minimum absolute atomic E-state index is 0.349. The van der Waals surface area contributed by atoms with Crippen molar-refractivity contribution >= 4 is 23.3 Å². The Morgan fingerprint density at radius 3 is 2.52 bits per heavy atom. The van der Waals surface area contributed by atoms with Crippen LogP contribution in [0.5, 0.6) is 5.75 Å². The quantitative estimate of drug-likeness (QED) is 0.837. The second-order valence-electron chi connectivity index (χ2n) is 5.63. The molecule has 0 atom stereocenters. The lowest BCUT2D eigenvalue weighted by molar-refractivity contribution is 0.177. The fourth-order valence-corrected chi connectivity index (χ4v) is 3.08. The second kappa shape index (κ2) is 6.89. The maximum Gasteiger partial charge on any atom is 0.413 e. The fourth-order valence-electron chi connectivity index (χ4n) is 2.83. The van der Waals surface area contributed by atoms with Crippen LogP contribution in [0, 0.1) is 5.92 Å². The van der Waals surface area contributed by atoms with E-state index in [1.807, 2.05) is 18.2 Å². The largest absolute Gasteiger partial charge is 0.413 e. The molecule has 114 valence electrons. The highest BCUT2D eigenvalue weighted by atomic mass is 32.1. The Labute approximate surface area is 131 Å². The molecule has 3 N–H and O–H groups in total. The summed E-state index contributed by atoms with van der Waals surface area (Å²) in [4.78, 5) is 12.4. The molecule has 1 amide bonds. The Balaban J connectivity index is 2.00. The van der Waals surface area contributed by atoms with Crippen molar-refractivity contribution in [1.29, 1.82) is 0 Å². The van der Waals surface area contributed by atoms with E-state index in [1.54, 1.807) is 12.1 Å². The van der Waals surface area contributed by atoms with Gasteiger partial charge in [-0.1, -0.05) is 43.8 Å². The summed E-state index contributed by atoms with van der Waals surface area (Å²) in [5, 5.41) is 2.90. The Morgan fingerprint density at radius 2 is 2.00 bits per heavy atom. The Hall–Kier alpha value is -1.62. The number of carbonyl (C=O) groups is 1. The number of amides is 1. The molecule has 0 heterocycles. The van der Waals surface area contributed by atoms with Gasteiger partial charge in [0, 0.05) is 0 Å². The summed E-state index contributed by atoms with van der Waals surface area (Å²) in [6.45, 7) is 2.19. The number of benzene rings is 1. The molecule has 4 nitrogen and oxygen atoms in total. The number of para-hydroxylation sites is 1. The first-order chi connectivity index (χ1) is 10.1. The van der Waals surface area contributed by atoms with E-state index in [2.05, 4.69) is 12.2 Å². The minimum atomic E-state index is -0.604. The SMILES string of the molecule is CCC1CCC(NC(=O)Oc2ccccc2)(C(N)=S)CC1. The molecule has 0 saturated heterocycles. The van der Waals surface area contributed by atoms with E-state index in [-0.39, 0.29) is 0 Å². The van der Waals surface area contributed by atoms with E-state index in [4.69, 9.17) is 22.7 Å². The van der Waals surface area contributed by atoms with Crippen LogP contribution in [-0.4, -0.2) is 16.6 Å². The van der Waals surface area contributed by atoms with Gasteiger partial charge >= 0.3 is 6.09 Å². The van der Waals surface area contributed by atoms with Crippen molar-refractivity contribution in [2.75, 3.05) is 0 Å². The van der Waals surface area contributed by atoms with Gasteiger partial charge in [0.05, 0.1) is 10.5 Å². The van der Waals surface area contributed by atoms with Gasteiger partial charge in [-0.05, 0) is 43.7 Å². The molecule has 1 aliphatic rings. The van der Waals surface area contributed by atoms with Crippen LogP contribution >= 0.6 is 12.2 Å². The molecule has 1 aromatic carbocycles. The zero-order valence-corrected chi connectivity index (χ0v) is 13.1. The smallest absolute Gasteiger partial charge is 0.410 e. The molecule has 0 radical (unpaired) electrons. The molecule has 1 saturated carbocycles. The highest BCUT2D eigenvalue weighted by molar-refractivity contribution is 7.80. The summed E-state index contributed by atoms with van der Waals surface area (Å²) in [5.41, 5.74) is 5.29. The van der Waals surface area contributed by atoms with Crippen LogP contribution in [0.15, 0.2) is 30.3 Å². The van der Waals surface area contributed by atoms with Crippen LogP contribution in [0.1, 0.15) is 39.0 Å². The van der Waals surface area contributed by atoms with Gasteiger partial charge < -0.3 is 15.8 Å². The average molecular weight is 306 g/mol. The van der Waals surface area contributed by atoms with Crippen molar-refractivity contribution < 1.29 is 9.53 Å². The van der Waals surface area contributed by atoms with Crippen LogP contribution in [0.3, 0.4) is 0 Å². The fraction of sp³-hybridized carbons (Fsp3) is 0.500. The molecule has 1 aromatic rings. The molecule has 0 aromatic heterocycles. The van der Waals surface area contributed by atoms with E-state index in [0.29, 0.717) is 16.7 Å². The first kappa shape index (κ1) is 15.8. The summed E-state index contributed by atoms with van der Waals surface area (Å²) < 4.78 is 5.28. The third-order valence-corrected chi connectivity index (χ3v) is 4.69. The van der Waals surface area contributed by atoms with Gasteiger partial charge in [0.1, 0.15) is 5.75 Å². The summed E-state index contributed by atoms with van der Waals surface area (Å²) in [6.07, 6.45) is 4.28. The lowest BCUT2D eigenvalue weighted by Gasteiger charge is -2.39. The number of hydrogen-bond acceptors (Lipinski definition) is 3. The lowest BCUT2D eigenvalue weighted by Crippen LogP contribution is -2.59. The number of hydrogen-bond donors (Lipinski definition) is 2. The van der Waals surface area contributed by atoms with Crippen molar-refractivity contribution in [3.05, 3.63) is 30.3 Å². The van der Waals surface area contributed by atoms with Gasteiger partial charge in [-0.15, -0.1) is 0 Å². The first-order valence-corrected chi connectivity index (χ1v) is 7.81. The lowest BCUT2D eigenvalue weighted by atomic mass is 9.75. The third-order valence-electron chi connectivity index (χ3n) is 4.30. The normalized spacial score (nSPS) is 25.1. The maximum absolute atomic E-state index is 12.1. The zero-order valence-electron chi connectivity index (χ0n) is 12.3. The van der Waals surface area contributed by atoms with Gasteiger partial charge in [0.25, 0.3) is 0 Å². The van der Waals surface area contributed by atoms with E-state index >= 15 is 0 Å². The molecule has 0 aliphatic heterocycles. The van der Waals surface area contributed by atoms with Crippen LogP contribution in [-0.2, 0) is 0 Å². The zero-order chi connectivity index (χ0) is 15.3. The van der Waals surface area contributed by atoms with Crippen molar-refractivity contribution in [3.63, 3.8) is 0 Å². The number of ether oxygens (including phenoxy) is 1. The number of nitrogens with two attached hydrogens (primary N) is 1. The highest BCUT2D eigenvalue weighted by Crippen LogP contribution is 2.34. The molecule has 1 aliphatic carbocycles. The molecule has 0 unspecified atom stereocenters. The standard InChI is InChI=1S/C16H22N2O2S/c1-2-12-8-10-16(11-9-12,14(17)21)18-15(19)20-13-6-4-3-5-7-13/h3-7,12H,2,8-11H2,1H3,(H2,17,21)(H,18,19). The number of thiocarbonyl (C=S) groups is 1. The number of rotatable bonds is 4. The third kappa shape index (κ3) is 3.94. The van der Waals surface area contributed by atoms with Gasteiger partial charge in [-0.2, -0.15) is 0 Å². The topological polar surface area (TPSA) is 64.3 Å². The van der Waals surface area contributed by atoms with Crippen molar-refractivity contribution in [2.24, 2.45) is 11.7 Å². The van der Waals surface area contributed by atoms with Crippen LogP contribution in [0.2, 0.25) is 0 Å².